The number of rotatable bonds is 15. The van der Waals surface area contributed by atoms with Crippen LogP contribution in [0.5, 0.6) is 0 Å². The maximum atomic E-state index is 13.7. The normalized spacial score (nSPS) is 19.4. The Labute approximate surface area is 470 Å². The van der Waals surface area contributed by atoms with Crippen molar-refractivity contribution in [1.82, 2.24) is 19.9 Å². The second-order valence-electron chi connectivity index (χ2n) is 19.4. The number of sulfonamides is 2. The van der Waals surface area contributed by atoms with E-state index in [0.717, 1.165) is 46.5 Å². The van der Waals surface area contributed by atoms with Crippen molar-refractivity contribution in [2.45, 2.75) is 143 Å². The Morgan fingerprint density at radius 2 is 1.00 bits per heavy atom. The first kappa shape index (κ1) is 64.8. The summed E-state index contributed by atoms with van der Waals surface area (Å²) >= 11 is 0. The van der Waals surface area contributed by atoms with Gasteiger partial charge in [-0.05, 0) is 101 Å². The van der Waals surface area contributed by atoms with Gasteiger partial charge >= 0.3 is 37.7 Å². The minimum atomic E-state index is -3.63. The van der Waals surface area contributed by atoms with Crippen molar-refractivity contribution in [3.05, 3.63) is 94.8 Å². The Kier molecular flexibility index (Phi) is 23.5. The third-order valence-electron chi connectivity index (χ3n) is 11.4. The van der Waals surface area contributed by atoms with Gasteiger partial charge in [0.05, 0.1) is 59.7 Å². The number of carbonyl (C=O) groups is 2. The van der Waals surface area contributed by atoms with Crippen LogP contribution < -0.4 is 18.8 Å². The Hall–Kier alpha value is -4.52. The van der Waals surface area contributed by atoms with Gasteiger partial charge < -0.3 is 38.7 Å². The van der Waals surface area contributed by atoms with E-state index in [9.17, 15) is 35.5 Å². The number of anilines is 2. The molecule has 0 spiro atoms. The fourth-order valence-electron chi connectivity index (χ4n) is 7.89. The molecule has 2 aromatic carbocycles. The Bertz CT molecular complexity index is 2890. The molecule has 0 bridgehead atoms. The van der Waals surface area contributed by atoms with Gasteiger partial charge in [0.25, 0.3) is 0 Å². The fourth-order valence-corrected chi connectivity index (χ4v) is 8.65. The Morgan fingerprint density at radius 1 is 0.667 bits per heavy atom. The Balaban J connectivity index is 0.000000365. The van der Waals surface area contributed by atoms with Gasteiger partial charge in [-0.25, -0.2) is 54.2 Å². The SMILES string of the molecule is CC(=O)[O-].CC(C)c1nc(N(C)S(C)(=O)=O)nc(-c2ccc(F)cc2)c1/C=C/C1CC(CC(=O)[O-])OC(C)(C)O1.CCC1CC(/C=C/c2c(-c3ccc(F)cc3)nc(N(C)S(C)(=O)=O)nc2C(C)C)OC(C)(C)O1.[Ca+2]. The summed E-state index contributed by atoms with van der Waals surface area (Å²) < 4.78 is 102. The van der Waals surface area contributed by atoms with E-state index in [1.54, 1.807) is 50.3 Å². The number of benzene rings is 2. The van der Waals surface area contributed by atoms with Crippen molar-refractivity contribution >= 4 is 93.8 Å². The molecule has 0 N–H and O–H groups in total. The number of nitrogens with zero attached hydrogens (tertiary/aromatic N) is 6. The van der Waals surface area contributed by atoms with E-state index in [1.165, 1.54) is 38.4 Å². The number of carbonyl (C=O) groups excluding carboxylic acids is 2. The Morgan fingerprint density at radius 3 is 1.31 bits per heavy atom. The number of halogens is 2. The largest absolute Gasteiger partial charge is 2.00 e. The molecule has 2 aliphatic heterocycles. The van der Waals surface area contributed by atoms with E-state index >= 15 is 0 Å². The number of carboxylic acids is 2. The summed E-state index contributed by atoms with van der Waals surface area (Å²) in [6.45, 7) is 18.1. The molecule has 4 heterocycles. The van der Waals surface area contributed by atoms with Gasteiger partial charge in [0, 0.05) is 67.6 Å². The molecule has 4 atom stereocenters. The van der Waals surface area contributed by atoms with Crippen molar-refractivity contribution in [2.75, 3.05) is 35.2 Å². The zero-order valence-electron chi connectivity index (χ0n) is 45.1. The van der Waals surface area contributed by atoms with Crippen LogP contribution in [0.15, 0.2) is 60.7 Å². The number of aliphatic carboxylic acids is 2. The first-order valence-electron chi connectivity index (χ1n) is 23.9. The van der Waals surface area contributed by atoms with Crippen molar-refractivity contribution in [2.24, 2.45) is 0 Å². The average molecular weight is 1110 g/mol. The second kappa shape index (κ2) is 27.2. The first-order chi connectivity index (χ1) is 34.2. The standard InChI is InChI=1S/C25H32FN3O6S.C25H34FN3O4S.C2H4O2.Ca/c1-15(2)22-20(12-11-18-13-19(14-21(30)31)35-25(3,4)34-18)23(16-7-9-17(26)10-8-16)28-24(27-22)29(5)36(6,32)33;1-8-19-15-20(33-25(4,5)32-19)13-14-21-22(16(2)3)27-24(29(6)34(7,30)31)28-23(21)17-9-11-18(26)12-10-17;1-2(3)4;/h7-12,15,18-19H,13-14H2,1-6H3,(H,30,31);9-14,16,19-20H,8,15H2,1-7H3;1H3,(H,3,4);/q;;;+2/p-2/b12-11+;14-13+;;. The number of carboxylic acid groups (broad SMARTS) is 2. The molecule has 2 aliphatic rings. The van der Waals surface area contributed by atoms with Crippen molar-refractivity contribution in [3.63, 3.8) is 0 Å². The van der Waals surface area contributed by atoms with Crippen LogP contribution in [0.2, 0.25) is 0 Å². The average Bonchev–Trinajstić information content (AvgIpc) is 3.27. The van der Waals surface area contributed by atoms with Gasteiger partial charge in [0.2, 0.25) is 31.9 Å². The van der Waals surface area contributed by atoms with E-state index in [0.29, 0.717) is 45.9 Å². The molecule has 75 heavy (non-hydrogen) atoms. The summed E-state index contributed by atoms with van der Waals surface area (Å²) in [5.41, 5.74) is 4.82. The summed E-state index contributed by atoms with van der Waals surface area (Å²) in [5, 5.41) is 20.0. The molecule has 2 fully saturated rings. The molecule has 0 amide bonds. The molecule has 2 aromatic heterocycles. The van der Waals surface area contributed by atoms with Crippen LogP contribution in [0.1, 0.15) is 129 Å². The monoisotopic (exact) mass is 1110 g/mol. The van der Waals surface area contributed by atoms with Gasteiger partial charge in [-0.1, -0.05) is 58.9 Å². The number of aromatic nitrogens is 4. The molecule has 0 saturated carbocycles. The summed E-state index contributed by atoms with van der Waals surface area (Å²) in [7, 11) is -4.42. The molecule has 18 nitrogen and oxygen atoms in total. The molecule has 2 saturated heterocycles. The van der Waals surface area contributed by atoms with Crippen LogP contribution >= 0.6 is 0 Å². The zero-order chi connectivity index (χ0) is 55.7. The van der Waals surface area contributed by atoms with Crippen molar-refractivity contribution < 1.29 is 64.4 Å². The molecular weight excluding hydrogens is 1040 g/mol. The van der Waals surface area contributed by atoms with Crippen LogP contribution in [0.4, 0.5) is 20.7 Å². The molecule has 0 radical (unpaired) electrons. The summed E-state index contributed by atoms with van der Waals surface area (Å²) in [6, 6.07) is 11.7. The van der Waals surface area contributed by atoms with Crippen LogP contribution in [0, 0.1) is 11.6 Å². The van der Waals surface area contributed by atoms with E-state index in [-0.39, 0.29) is 85.9 Å². The van der Waals surface area contributed by atoms with Gasteiger partial charge in [-0.2, -0.15) is 0 Å². The van der Waals surface area contributed by atoms with E-state index in [1.807, 2.05) is 53.7 Å². The first-order valence-corrected chi connectivity index (χ1v) is 27.6. The minimum Gasteiger partial charge on any atom is -0.550 e. The molecule has 0 aliphatic carbocycles. The maximum absolute atomic E-state index is 13.7. The number of ether oxygens (including phenoxy) is 4. The van der Waals surface area contributed by atoms with Crippen LogP contribution in [0.3, 0.4) is 0 Å². The zero-order valence-corrected chi connectivity index (χ0v) is 48.9. The van der Waals surface area contributed by atoms with E-state index < -0.39 is 61.6 Å². The molecular formula is C52H68CaF2N6O12S2. The molecule has 6 rings (SSSR count). The number of hydrogen-bond donors (Lipinski definition) is 0. The van der Waals surface area contributed by atoms with Gasteiger partial charge in [-0.15, -0.1) is 0 Å². The van der Waals surface area contributed by atoms with E-state index in [2.05, 4.69) is 26.9 Å². The van der Waals surface area contributed by atoms with Gasteiger partial charge in [-0.3, -0.25) is 0 Å². The molecule has 4 aromatic rings. The fraction of sp³-hybridized carbons (Fsp3) is 0.500. The third kappa shape index (κ3) is 19.5. The predicted molar refractivity (Wildman–Crippen MR) is 281 cm³/mol. The second-order valence-corrected chi connectivity index (χ2v) is 23.4. The van der Waals surface area contributed by atoms with Crippen molar-refractivity contribution in [3.8, 4) is 22.5 Å². The van der Waals surface area contributed by atoms with Crippen LogP contribution in [0.25, 0.3) is 34.7 Å². The van der Waals surface area contributed by atoms with Gasteiger partial charge in [0.15, 0.2) is 11.6 Å². The molecule has 4 unspecified atom stereocenters. The van der Waals surface area contributed by atoms with E-state index in [4.69, 9.17) is 28.8 Å². The van der Waals surface area contributed by atoms with Crippen LogP contribution in [-0.2, 0) is 48.6 Å². The number of hydrogen-bond acceptors (Lipinski definition) is 16. The van der Waals surface area contributed by atoms with Gasteiger partial charge in [0.1, 0.15) is 11.6 Å². The summed E-state index contributed by atoms with van der Waals surface area (Å²) in [5.74, 6) is -4.86. The minimum absolute atomic E-state index is 0. The molecule has 406 valence electrons. The summed E-state index contributed by atoms with van der Waals surface area (Å²) in [4.78, 5) is 38.3. The summed E-state index contributed by atoms with van der Waals surface area (Å²) in [6.07, 6.45) is 10.1. The van der Waals surface area contributed by atoms with Crippen LogP contribution in [-0.4, -0.2) is 149 Å². The smallest absolute Gasteiger partial charge is 0.550 e. The quantitative estimate of drug-likeness (QED) is 0.117. The maximum Gasteiger partial charge on any atom is 2.00 e. The topological polar surface area (TPSA) is 243 Å². The van der Waals surface area contributed by atoms with Crippen molar-refractivity contribution in [1.29, 1.82) is 0 Å². The molecule has 23 heteroatoms. The third-order valence-corrected chi connectivity index (χ3v) is 13.7. The predicted octanol–water partition coefficient (Wildman–Crippen LogP) is 6.38.